The van der Waals surface area contributed by atoms with E-state index >= 15 is 0 Å². The topological polar surface area (TPSA) is 80.0 Å². The number of carbonyl (C=O) groups excluding carboxylic acids is 1. The first-order valence-corrected chi connectivity index (χ1v) is 10.7. The molecule has 3 N–H and O–H groups in total. The van der Waals surface area contributed by atoms with Crippen molar-refractivity contribution < 1.29 is 9.63 Å². The number of fused-ring (bicyclic) bond motifs is 1. The molecule has 160 valence electrons. The molecule has 1 amide bonds. The molecule has 0 aliphatic carbocycles. The van der Waals surface area contributed by atoms with Crippen LogP contribution in [0.25, 0.3) is 10.8 Å². The lowest BCUT2D eigenvalue weighted by Gasteiger charge is -2.26. The highest BCUT2D eigenvalue weighted by Crippen LogP contribution is 2.18. The molecule has 0 spiro atoms. The van der Waals surface area contributed by atoms with Gasteiger partial charge in [0.05, 0.1) is 0 Å². The maximum Gasteiger partial charge on any atom is 0.258 e. The van der Waals surface area contributed by atoms with Gasteiger partial charge in [0.2, 0.25) is 5.96 Å². The van der Waals surface area contributed by atoms with Crippen LogP contribution in [0.15, 0.2) is 71.9 Å². The number of likely N-dealkylation sites (tertiary alicyclic amines) is 1. The van der Waals surface area contributed by atoms with Crippen LogP contribution < -0.4 is 11.1 Å². The van der Waals surface area contributed by atoms with Crippen LogP contribution in [0.2, 0.25) is 0 Å². The molecule has 0 unspecified atom stereocenters. The van der Waals surface area contributed by atoms with E-state index in [0.29, 0.717) is 5.56 Å². The van der Waals surface area contributed by atoms with E-state index in [0.717, 1.165) is 22.9 Å². The van der Waals surface area contributed by atoms with Crippen LogP contribution in [0.1, 0.15) is 40.7 Å². The summed E-state index contributed by atoms with van der Waals surface area (Å²) >= 11 is 0. The first-order chi connectivity index (χ1) is 15.2. The summed E-state index contributed by atoms with van der Waals surface area (Å²) in [5, 5.41) is 8.28. The van der Waals surface area contributed by atoms with E-state index in [2.05, 4.69) is 27.5 Å². The van der Waals surface area contributed by atoms with Crippen LogP contribution in [-0.4, -0.2) is 29.9 Å². The van der Waals surface area contributed by atoms with E-state index in [1.54, 1.807) is 6.07 Å². The second-order valence-corrected chi connectivity index (χ2v) is 7.88. The zero-order valence-electron chi connectivity index (χ0n) is 17.6. The number of nitrogens with two attached hydrogens (primary N) is 1. The molecule has 0 aromatic heterocycles. The van der Waals surface area contributed by atoms with Gasteiger partial charge in [-0.2, -0.15) is 0 Å². The molecule has 6 nitrogen and oxygen atoms in total. The molecule has 3 aromatic rings. The third-order valence-corrected chi connectivity index (χ3v) is 5.55. The van der Waals surface area contributed by atoms with Gasteiger partial charge in [0.15, 0.2) is 0 Å². The predicted octanol–water partition coefficient (Wildman–Crippen LogP) is 4.00. The summed E-state index contributed by atoms with van der Waals surface area (Å²) in [6, 6.07) is 21.6. The van der Waals surface area contributed by atoms with E-state index in [1.165, 1.54) is 37.9 Å². The smallest absolute Gasteiger partial charge is 0.258 e. The molecule has 1 heterocycles. The van der Waals surface area contributed by atoms with Crippen LogP contribution in [0, 0.1) is 0 Å². The predicted molar refractivity (Wildman–Crippen MR) is 123 cm³/mol. The average molecular weight is 417 g/mol. The van der Waals surface area contributed by atoms with E-state index < -0.39 is 0 Å². The lowest BCUT2D eigenvalue weighted by atomic mass is 10.0. The highest BCUT2D eigenvalue weighted by atomic mass is 16.6. The fourth-order valence-corrected chi connectivity index (χ4v) is 3.92. The number of hydrogen-bond acceptors (Lipinski definition) is 4. The Balaban J connectivity index is 1.29. The molecule has 0 saturated carbocycles. The summed E-state index contributed by atoms with van der Waals surface area (Å²) in [6.45, 7) is 3.65. The molecule has 0 bridgehead atoms. The Hall–Kier alpha value is -3.38. The number of oxime groups is 1. The van der Waals surface area contributed by atoms with Crippen molar-refractivity contribution in [3.05, 3.63) is 83.4 Å². The number of piperidine rings is 1. The van der Waals surface area contributed by atoms with Crippen molar-refractivity contribution in [3.63, 3.8) is 0 Å². The minimum Gasteiger partial charge on any atom is -0.388 e. The van der Waals surface area contributed by atoms with Crippen molar-refractivity contribution in [1.29, 1.82) is 0 Å². The van der Waals surface area contributed by atoms with Crippen LogP contribution >= 0.6 is 0 Å². The highest BCUT2D eigenvalue weighted by Gasteiger charge is 2.11. The molecular weight excluding hydrogens is 388 g/mol. The molecule has 3 aromatic carbocycles. The number of rotatable bonds is 6. The number of nitrogens with zero attached hydrogens (tertiary/aromatic N) is 2. The van der Waals surface area contributed by atoms with E-state index in [9.17, 15) is 4.79 Å². The maximum absolute atomic E-state index is 12.6. The first kappa shape index (κ1) is 20.9. The molecule has 1 saturated heterocycles. The molecule has 0 atom stereocenters. The molecule has 1 fully saturated rings. The SMILES string of the molecule is NC(=NOCc1ccc(CN2CCCCC2)cc1)NC(=O)c1cccc2ccccc12. The number of benzene rings is 3. The Morgan fingerprint density at radius 3 is 2.45 bits per heavy atom. The summed E-state index contributed by atoms with van der Waals surface area (Å²) in [5.41, 5.74) is 8.68. The first-order valence-electron chi connectivity index (χ1n) is 10.7. The van der Waals surface area contributed by atoms with Crippen LogP contribution in [0.3, 0.4) is 0 Å². The van der Waals surface area contributed by atoms with E-state index in [1.807, 2.05) is 48.5 Å². The maximum atomic E-state index is 12.6. The van der Waals surface area contributed by atoms with Gasteiger partial charge in [-0.05, 0) is 59.1 Å². The van der Waals surface area contributed by atoms with Crippen molar-refractivity contribution in [2.24, 2.45) is 10.9 Å². The van der Waals surface area contributed by atoms with Crippen LogP contribution in [0.4, 0.5) is 0 Å². The lowest BCUT2D eigenvalue weighted by molar-refractivity contribution is 0.0969. The normalized spacial score (nSPS) is 15.0. The van der Waals surface area contributed by atoms with Gasteiger partial charge in [-0.15, -0.1) is 0 Å². The molecule has 4 rings (SSSR count). The van der Waals surface area contributed by atoms with Crippen molar-refractivity contribution in [2.45, 2.75) is 32.4 Å². The summed E-state index contributed by atoms with van der Waals surface area (Å²) in [6.07, 6.45) is 3.93. The zero-order chi connectivity index (χ0) is 21.5. The zero-order valence-corrected chi connectivity index (χ0v) is 17.6. The number of guanidine groups is 1. The van der Waals surface area contributed by atoms with Gasteiger partial charge < -0.3 is 10.6 Å². The van der Waals surface area contributed by atoms with Crippen molar-refractivity contribution >= 4 is 22.6 Å². The Labute approximate surface area is 182 Å². The number of amides is 1. The largest absolute Gasteiger partial charge is 0.388 e. The molecule has 0 radical (unpaired) electrons. The number of nitrogens with one attached hydrogen (secondary N) is 1. The van der Waals surface area contributed by atoms with Crippen molar-refractivity contribution in [1.82, 2.24) is 10.2 Å². The number of hydrogen-bond donors (Lipinski definition) is 2. The van der Waals surface area contributed by atoms with Gasteiger partial charge >= 0.3 is 0 Å². The summed E-state index contributed by atoms with van der Waals surface area (Å²) in [5.74, 6) is -0.386. The quantitative estimate of drug-likeness (QED) is 0.362. The monoisotopic (exact) mass is 416 g/mol. The Bertz CT molecular complexity index is 1050. The van der Waals surface area contributed by atoms with Crippen LogP contribution in [0.5, 0.6) is 0 Å². The van der Waals surface area contributed by atoms with E-state index in [4.69, 9.17) is 10.6 Å². The van der Waals surface area contributed by atoms with Crippen molar-refractivity contribution in [2.75, 3.05) is 13.1 Å². The highest BCUT2D eigenvalue weighted by molar-refractivity contribution is 6.12. The number of carbonyl (C=O) groups is 1. The fraction of sp³-hybridized carbons (Fsp3) is 0.280. The molecular formula is C25H28N4O2. The molecule has 1 aliphatic heterocycles. The van der Waals surface area contributed by atoms with Gasteiger partial charge in [0.1, 0.15) is 6.61 Å². The van der Waals surface area contributed by atoms with Crippen LogP contribution in [-0.2, 0) is 18.0 Å². The van der Waals surface area contributed by atoms with Gasteiger partial charge in [0.25, 0.3) is 5.91 Å². The minimum atomic E-state index is -0.316. The standard InChI is InChI=1S/C25H28N4O2/c26-25(27-24(30)23-10-6-8-21-7-2-3-9-22(21)23)28-31-18-20-13-11-19(12-14-20)17-29-15-4-1-5-16-29/h2-3,6-14H,1,4-5,15-18H2,(H3,26,27,28,30). The Morgan fingerprint density at radius 1 is 0.935 bits per heavy atom. The third kappa shape index (κ3) is 5.61. The van der Waals surface area contributed by atoms with Gasteiger partial charge in [-0.25, -0.2) is 0 Å². The Kier molecular flexibility index (Phi) is 6.79. The van der Waals surface area contributed by atoms with Gasteiger partial charge in [-0.1, -0.05) is 67.1 Å². The average Bonchev–Trinajstić information content (AvgIpc) is 2.80. The van der Waals surface area contributed by atoms with Gasteiger partial charge in [0, 0.05) is 12.1 Å². The second-order valence-electron chi connectivity index (χ2n) is 7.88. The molecule has 6 heteroatoms. The Morgan fingerprint density at radius 2 is 1.65 bits per heavy atom. The summed E-state index contributed by atoms with van der Waals surface area (Å²) in [7, 11) is 0. The molecule has 31 heavy (non-hydrogen) atoms. The van der Waals surface area contributed by atoms with Crippen molar-refractivity contribution in [3.8, 4) is 0 Å². The fourth-order valence-electron chi connectivity index (χ4n) is 3.92. The second kappa shape index (κ2) is 10.1. The minimum absolute atomic E-state index is 0.0698. The summed E-state index contributed by atoms with van der Waals surface area (Å²) in [4.78, 5) is 20.4. The van der Waals surface area contributed by atoms with E-state index in [-0.39, 0.29) is 18.5 Å². The summed E-state index contributed by atoms with van der Waals surface area (Å²) < 4.78 is 0. The third-order valence-electron chi connectivity index (χ3n) is 5.55. The van der Waals surface area contributed by atoms with Gasteiger partial charge in [-0.3, -0.25) is 15.0 Å². The lowest BCUT2D eigenvalue weighted by Crippen LogP contribution is -2.37. The molecule has 1 aliphatic rings.